The van der Waals surface area contributed by atoms with Gasteiger partial charge in [0.15, 0.2) is 0 Å². The highest BCUT2D eigenvalue weighted by Crippen LogP contribution is 2.17. The summed E-state index contributed by atoms with van der Waals surface area (Å²) in [5, 5.41) is 13.3. The molecule has 0 radical (unpaired) electrons. The van der Waals surface area contributed by atoms with E-state index in [0.717, 1.165) is 16.6 Å². The minimum Gasteiger partial charge on any atom is -0.380 e. The van der Waals surface area contributed by atoms with E-state index in [1.807, 2.05) is 6.92 Å². The van der Waals surface area contributed by atoms with Crippen LogP contribution in [0.1, 0.15) is 25.8 Å². The van der Waals surface area contributed by atoms with Crippen molar-refractivity contribution in [1.29, 1.82) is 0 Å². The fourth-order valence-corrected chi connectivity index (χ4v) is 1.75. The van der Waals surface area contributed by atoms with E-state index in [2.05, 4.69) is 29.4 Å². The third-order valence-corrected chi connectivity index (χ3v) is 3.20. The highest BCUT2D eigenvalue weighted by atomic mass is 32.1. The third kappa shape index (κ3) is 2.92. The minimum absolute atomic E-state index is 0.170. The first kappa shape index (κ1) is 11.4. The predicted octanol–water partition coefficient (Wildman–Crippen LogP) is 1.94. The number of methoxy groups -OCH3 is 1. The van der Waals surface area contributed by atoms with Crippen LogP contribution in [-0.4, -0.2) is 29.5 Å². The summed E-state index contributed by atoms with van der Waals surface area (Å²) >= 11 is 1.60. The first-order valence-corrected chi connectivity index (χ1v) is 5.60. The van der Waals surface area contributed by atoms with Crippen LogP contribution in [0.15, 0.2) is 0 Å². The molecule has 1 rings (SSSR count). The maximum absolute atomic E-state index is 5.21. The van der Waals surface area contributed by atoms with Gasteiger partial charge in [0.1, 0.15) is 5.01 Å². The minimum atomic E-state index is 0.170. The Morgan fingerprint density at radius 2 is 2.14 bits per heavy atom. The second-order valence-corrected chi connectivity index (χ2v) is 4.29. The molecule has 0 fully saturated rings. The van der Waals surface area contributed by atoms with Gasteiger partial charge in [0, 0.05) is 7.11 Å². The lowest BCUT2D eigenvalue weighted by Crippen LogP contribution is -2.29. The zero-order valence-corrected chi connectivity index (χ0v) is 9.89. The van der Waals surface area contributed by atoms with Crippen molar-refractivity contribution in [2.75, 3.05) is 12.4 Å². The molecule has 2 atom stereocenters. The number of anilines is 1. The van der Waals surface area contributed by atoms with Crippen molar-refractivity contribution in [2.45, 2.75) is 39.3 Å². The number of aryl methyl sites for hydroxylation is 1. The molecule has 1 heterocycles. The summed E-state index contributed by atoms with van der Waals surface area (Å²) in [6.07, 6.45) is 1.11. The average molecular weight is 215 g/mol. The molecule has 0 bridgehead atoms. The summed E-state index contributed by atoms with van der Waals surface area (Å²) in [4.78, 5) is 0. The number of hydrogen-bond acceptors (Lipinski definition) is 5. The molecule has 5 heteroatoms. The molecule has 0 spiro atoms. The Kier molecular flexibility index (Phi) is 4.28. The van der Waals surface area contributed by atoms with Crippen LogP contribution in [0.4, 0.5) is 5.13 Å². The topological polar surface area (TPSA) is 47.0 Å². The normalized spacial score (nSPS) is 15.1. The standard InChI is InChI=1S/C9H17N3OS/c1-5-8-11-12-9(14-8)10-6(2)7(3)13-4/h6-7H,5H2,1-4H3,(H,10,12). The Morgan fingerprint density at radius 3 is 2.64 bits per heavy atom. The van der Waals surface area contributed by atoms with E-state index in [1.165, 1.54) is 0 Å². The quantitative estimate of drug-likeness (QED) is 0.815. The number of ether oxygens (including phenoxy) is 1. The van der Waals surface area contributed by atoms with Crippen LogP contribution >= 0.6 is 11.3 Å². The molecule has 80 valence electrons. The van der Waals surface area contributed by atoms with Crippen LogP contribution < -0.4 is 5.32 Å². The summed E-state index contributed by atoms with van der Waals surface area (Å²) in [6, 6.07) is 0.248. The maximum Gasteiger partial charge on any atom is 0.205 e. The fourth-order valence-electron chi connectivity index (χ4n) is 0.971. The van der Waals surface area contributed by atoms with Gasteiger partial charge in [-0.3, -0.25) is 0 Å². The smallest absolute Gasteiger partial charge is 0.205 e. The number of aromatic nitrogens is 2. The lowest BCUT2D eigenvalue weighted by Gasteiger charge is -2.18. The average Bonchev–Trinajstić information content (AvgIpc) is 2.64. The second kappa shape index (κ2) is 5.26. The zero-order chi connectivity index (χ0) is 10.6. The molecular formula is C9H17N3OS. The van der Waals surface area contributed by atoms with Crippen LogP contribution in [0, 0.1) is 0 Å². The molecular weight excluding hydrogens is 198 g/mol. The summed E-state index contributed by atoms with van der Waals surface area (Å²) in [5.74, 6) is 0. The third-order valence-electron chi connectivity index (χ3n) is 2.20. The van der Waals surface area contributed by atoms with Gasteiger partial charge in [-0.1, -0.05) is 18.3 Å². The van der Waals surface area contributed by atoms with E-state index in [4.69, 9.17) is 4.74 Å². The zero-order valence-electron chi connectivity index (χ0n) is 9.07. The maximum atomic E-state index is 5.21. The number of nitrogens with zero attached hydrogens (tertiary/aromatic N) is 2. The highest BCUT2D eigenvalue weighted by molar-refractivity contribution is 7.15. The SMILES string of the molecule is CCc1nnc(NC(C)C(C)OC)s1. The van der Waals surface area contributed by atoms with Crippen molar-refractivity contribution in [3.05, 3.63) is 5.01 Å². The van der Waals surface area contributed by atoms with E-state index < -0.39 is 0 Å². The van der Waals surface area contributed by atoms with Crippen molar-refractivity contribution < 1.29 is 4.74 Å². The highest BCUT2D eigenvalue weighted by Gasteiger charge is 2.12. The van der Waals surface area contributed by atoms with E-state index >= 15 is 0 Å². The van der Waals surface area contributed by atoms with Gasteiger partial charge in [0.05, 0.1) is 12.1 Å². The van der Waals surface area contributed by atoms with Gasteiger partial charge >= 0.3 is 0 Å². The molecule has 0 aromatic carbocycles. The second-order valence-electron chi connectivity index (χ2n) is 3.23. The molecule has 0 aliphatic rings. The van der Waals surface area contributed by atoms with Gasteiger partial charge in [-0.15, -0.1) is 10.2 Å². The van der Waals surface area contributed by atoms with Crippen LogP contribution in [-0.2, 0) is 11.2 Å². The van der Waals surface area contributed by atoms with Crippen LogP contribution in [0.3, 0.4) is 0 Å². The molecule has 0 aliphatic carbocycles. The lowest BCUT2D eigenvalue weighted by molar-refractivity contribution is 0.106. The molecule has 0 saturated heterocycles. The fraction of sp³-hybridized carbons (Fsp3) is 0.778. The molecule has 2 unspecified atom stereocenters. The Bertz CT molecular complexity index is 277. The van der Waals surface area contributed by atoms with Gasteiger partial charge in [-0.25, -0.2) is 0 Å². The summed E-state index contributed by atoms with van der Waals surface area (Å²) in [5.41, 5.74) is 0. The van der Waals surface area contributed by atoms with E-state index in [-0.39, 0.29) is 12.1 Å². The van der Waals surface area contributed by atoms with Gasteiger partial charge < -0.3 is 10.1 Å². The molecule has 14 heavy (non-hydrogen) atoms. The Hall–Kier alpha value is -0.680. The van der Waals surface area contributed by atoms with Crippen LogP contribution in [0.2, 0.25) is 0 Å². The molecule has 0 amide bonds. The van der Waals surface area contributed by atoms with Gasteiger partial charge in [-0.05, 0) is 20.3 Å². The van der Waals surface area contributed by atoms with Crippen molar-refractivity contribution in [3.63, 3.8) is 0 Å². The van der Waals surface area contributed by atoms with Gasteiger partial charge in [0.25, 0.3) is 0 Å². The molecule has 1 aromatic rings. The summed E-state index contributed by atoms with van der Waals surface area (Å²) < 4.78 is 5.21. The number of hydrogen-bond donors (Lipinski definition) is 1. The Morgan fingerprint density at radius 1 is 1.43 bits per heavy atom. The van der Waals surface area contributed by atoms with Crippen LogP contribution in [0.25, 0.3) is 0 Å². The molecule has 1 N–H and O–H groups in total. The molecule has 1 aromatic heterocycles. The number of rotatable bonds is 5. The van der Waals surface area contributed by atoms with Crippen LogP contribution in [0.5, 0.6) is 0 Å². The first-order valence-electron chi connectivity index (χ1n) is 4.79. The lowest BCUT2D eigenvalue weighted by atomic mass is 10.2. The predicted molar refractivity (Wildman–Crippen MR) is 58.8 cm³/mol. The van der Waals surface area contributed by atoms with E-state index in [1.54, 1.807) is 18.4 Å². The Labute approximate surface area is 88.7 Å². The molecule has 0 aliphatic heterocycles. The molecule has 0 saturated carbocycles. The summed E-state index contributed by atoms with van der Waals surface area (Å²) in [6.45, 7) is 6.17. The van der Waals surface area contributed by atoms with E-state index in [9.17, 15) is 0 Å². The Balaban J connectivity index is 2.51. The monoisotopic (exact) mass is 215 g/mol. The van der Waals surface area contributed by atoms with Crippen molar-refractivity contribution in [3.8, 4) is 0 Å². The van der Waals surface area contributed by atoms with Crippen molar-refractivity contribution in [1.82, 2.24) is 10.2 Å². The van der Waals surface area contributed by atoms with E-state index in [0.29, 0.717) is 0 Å². The largest absolute Gasteiger partial charge is 0.380 e. The first-order chi connectivity index (χ1) is 6.67. The summed E-state index contributed by atoms with van der Waals surface area (Å²) in [7, 11) is 1.71. The molecule has 4 nitrogen and oxygen atoms in total. The van der Waals surface area contributed by atoms with Gasteiger partial charge in [-0.2, -0.15) is 0 Å². The number of nitrogens with one attached hydrogen (secondary N) is 1. The van der Waals surface area contributed by atoms with Crippen molar-refractivity contribution in [2.24, 2.45) is 0 Å². The van der Waals surface area contributed by atoms with Crippen molar-refractivity contribution >= 4 is 16.5 Å². The van der Waals surface area contributed by atoms with Gasteiger partial charge in [0.2, 0.25) is 5.13 Å².